The molecule has 0 radical (unpaired) electrons. The molecule has 0 saturated carbocycles. The number of nitrogens with zero attached hydrogens (tertiary/aromatic N) is 1. The molecular weight excluding hydrogens is 292 g/mol. The summed E-state index contributed by atoms with van der Waals surface area (Å²) in [6.07, 6.45) is 0.155. The van der Waals surface area contributed by atoms with Gasteiger partial charge in [0.1, 0.15) is 0 Å². The van der Waals surface area contributed by atoms with E-state index >= 15 is 0 Å². The van der Waals surface area contributed by atoms with E-state index in [0.29, 0.717) is 4.47 Å². The molecule has 0 heterocycles. The molecule has 6 heteroatoms. The fourth-order valence-corrected chi connectivity index (χ4v) is 3.36. The molecule has 16 heavy (non-hydrogen) atoms. The van der Waals surface area contributed by atoms with Crippen LogP contribution in [-0.2, 0) is 10.0 Å². The first kappa shape index (κ1) is 13.2. The molecule has 0 aliphatic rings. The van der Waals surface area contributed by atoms with E-state index in [0.717, 1.165) is 5.56 Å². The Bertz CT molecular complexity index is 520. The molecule has 0 saturated heterocycles. The van der Waals surface area contributed by atoms with Crippen LogP contribution in [0.5, 0.6) is 0 Å². The van der Waals surface area contributed by atoms with Gasteiger partial charge in [0.15, 0.2) is 0 Å². The summed E-state index contributed by atoms with van der Waals surface area (Å²) in [5.74, 6) is 0. The summed E-state index contributed by atoms with van der Waals surface area (Å²) in [6.45, 7) is 2.00. The highest BCUT2D eigenvalue weighted by Gasteiger charge is 2.16. The molecule has 0 aliphatic heterocycles. The predicted molar refractivity (Wildman–Crippen MR) is 64.3 cm³/mol. The molecule has 1 aromatic carbocycles. The zero-order chi connectivity index (χ0) is 12.2. The number of sulfonamides is 1. The summed E-state index contributed by atoms with van der Waals surface area (Å²) in [4.78, 5) is 0.191. The topological polar surface area (TPSA) is 70.0 Å². The van der Waals surface area contributed by atoms with E-state index in [4.69, 9.17) is 5.26 Å². The summed E-state index contributed by atoms with van der Waals surface area (Å²) >= 11 is 3.21. The molecule has 1 aromatic rings. The maximum Gasteiger partial charge on any atom is 0.241 e. The Labute approximate surface area is 103 Å². The quantitative estimate of drug-likeness (QED) is 0.864. The number of nitriles is 1. The molecule has 1 N–H and O–H groups in total. The number of benzene rings is 1. The van der Waals surface area contributed by atoms with Crippen LogP contribution in [0.4, 0.5) is 0 Å². The lowest BCUT2D eigenvalue weighted by Crippen LogP contribution is -2.24. The van der Waals surface area contributed by atoms with Gasteiger partial charge in [-0.05, 0) is 40.5 Å². The van der Waals surface area contributed by atoms with E-state index in [2.05, 4.69) is 20.7 Å². The Kier molecular flexibility index (Phi) is 4.47. The van der Waals surface area contributed by atoms with Crippen LogP contribution in [0.1, 0.15) is 12.0 Å². The Morgan fingerprint density at radius 2 is 2.19 bits per heavy atom. The monoisotopic (exact) mass is 302 g/mol. The van der Waals surface area contributed by atoms with Crippen molar-refractivity contribution in [1.29, 1.82) is 5.26 Å². The van der Waals surface area contributed by atoms with Gasteiger partial charge in [0.25, 0.3) is 0 Å². The Morgan fingerprint density at radius 3 is 2.75 bits per heavy atom. The van der Waals surface area contributed by atoms with Crippen molar-refractivity contribution in [2.45, 2.75) is 18.2 Å². The molecule has 0 aliphatic carbocycles. The largest absolute Gasteiger partial charge is 0.241 e. The highest BCUT2D eigenvalue weighted by Crippen LogP contribution is 2.22. The Morgan fingerprint density at radius 1 is 1.50 bits per heavy atom. The summed E-state index contributed by atoms with van der Waals surface area (Å²) in [6, 6.07) is 6.87. The van der Waals surface area contributed by atoms with E-state index in [9.17, 15) is 8.42 Å². The van der Waals surface area contributed by atoms with Gasteiger partial charge in [0.2, 0.25) is 10.0 Å². The second-order valence-corrected chi connectivity index (χ2v) is 5.83. The first-order valence-corrected chi connectivity index (χ1v) is 6.88. The van der Waals surface area contributed by atoms with Crippen molar-refractivity contribution in [3.63, 3.8) is 0 Å². The Hall–Kier alpha value is -0.900. The molecule has 0 fully saturated rings. The molecule has 0 unspecified atom stereocenters. The molecule has 0 atom stereocenters. The number of hydrogen-bond acceptors (Lipinski definition) is 3. The van der Waals surface area contributed by atoms with Crippen LogP contribution in [0.3, 0.4) is 0 Å². The Balaban J connectivity index is 2.95. The minimum Gasteiger partial charge on any atom is -0.210 e. The predicted octanol–water partition coefficient (Wildman–Crippen LogP) is 1.95. The summed E-state index contributed by atoms with van der Waals surface area (Å²) in [5, 5.41) is 8.33. The van der Waals surface area contributed by atoms with Crippen LogP contribution >= 0.6 is 15.9 Å². The maximum atomic E-state index is 11.8. The van der Waals surface area contributed by atoms with E-state index < -0.39 is 10.0 Å². The molecule has 0 aromatic heterocycles. The minimum absolute atomic E-state index is 0.124. The van der Waals surface area contributed by atoms with Crippen molar-refractivity contribution in [1.82, 2.24) is 4.72 Å². The molecule has 1 rings (SSSR count). The summed E-state index contributed by atoms with van der Waals surface area (Å²) < 4.78 is 26.5. The van der Waals surface area contributed by atoms with Crippen molar-refractivity contribution < 1.29 is 8.42 Å². The van der Waals surface area contributed by atoms with E-state index in [1.165, 1.54) is 6.07 Å². The summed E-state index contributed by atoms with van der Waals surface area (Å²) in [5.41, 5.74) is 0.975. The second kappa shape index (κ2) is 5.43. The van der Waals surface area contributed by atoms with Gasteiger partial charge in [-0.25, -0.2) is 13.1 Å². The minimum atomic E-state index is -3.53. The van der Waals surface area contributed by atoms with Crippen molar-refractivity contribution in [3.8, 4) is 6.07 Å². The first-order chi connectivity index (χ1) is 7.47. The average Bonchev–Trinajstić information content (AvgIpc) is 2.17. The zero-order valence-corrected chi connectivity index (χ0v) is 11.1. The molecule has 4 nitrogen and oxygen atoms in total. The highest BCUT2D eigenvalue weighted by atomic mass is 79.9. The van der Waals surface area contributed by atoms with Crippen LogP contribution in [-0.4, -0.2) is 15.0 Å². The SMILES string of the molecule is Cc1ccc(S(=O)(=O)NCCC#N)c(Br)c1. The lowest BCUT2D eigenvalue weighted by Gasteiger charge is -2.07. The molecular formula is C10H11BrN2O2S. The molecule has 0 bridgehead atoms. The molecule has 0 spiro atoms. The second-order valence-electron chi connectivity index (χ2n) is 3.24. The normalized spacial score (nSPS) is 11.1. The van der Waals surface area contributed by atoms with Gasteiger partial charge in [0, 0.05) is 17.4 Å². The van der Waals surface area contributed by atoms with E-state index in [1.54, 1.807) is 12.1 Å². The van der Waals surface area contributed by atoms with Crippen LogP contribution in [0.2, 0.25) is 0 Å². The van der Waals surface area contributed by atoms with Crippen LogP contribution in [0.15, 0.2) is 27.6 Å². The van der Waals surface area contributed by atoms with Crippen LogP contribution in [0, 0.1) is 18.3 Å². The summed E-state index contributed by atoms with van der Waals surface area (Å²) in [7, 11) is -3.53. The zero-order valence-electron chi connectivity index (χ0n) is 8.70. The number of hydrogen-bond donors (Lipinski definition) is 1. The van der Waals surface area contributed by atoms with Crippen molar-refractivity contribution in [2.24, 2.45) is 0 Å². The third-order valence-corrected chi connectivity index (χ3v) is 4.34. The third-order valence-electron chi connectivity index (χ3n) is 1.91. The van der Waals surface area contributed by atoms with E-state index in [1.807, 2.05) is 13.0 Å². The van der Waals surface area contributed by atoms with Crippen LogP contribution in [0.25, 0.3) is 0 Å². The van der Waals surface area contributed by atoms with Gasteiger partial charge in [-0.15, -0.1) is 0 Å². The average molecular weight is 303 g/mol. The fraction of sp³-hybridized carbons (Fsp3) is 0.300. The molecule has 0 amide bonds. The number of nitrogens with one attached hydrogen (secondary N) is 1. The fourth-order valence-electron chi connectivity index (χ4n) is 1.14. The maximum absolute atomic E-state index is 11.8. The van der Waals surface area contributed by atoms with Gasteiger partial charge >= 0.3 is 0 Å². The standard InChI is InChI=1S/C10H11BrN2O2S/c1-8-3-4-10(9(11)7-8)16(14,15)13-6-2-5-12/h3-4,7,13H,2,6H2,1H3. The van der Waals surface area contributed by atoms with Crippen LogP contribution < -0.4 is 4.72 Å². The lowest BCUT2D eigenvalue weighted by molar-refractivity contribution is 0.582. The number of halogens is 1. The van der Waals surface area contributed by atoms with Gasteiger partial charge in [0.05, 0.1) is 11.0 Å². The lowest BCUT2D eigenvalue weighted by atomic mass is 10.2. The van der Waals surface area contributed by atoms with Crippen molar-refractivity contribution >= 4 is 26.0 Å². The van der Waals surface area contributed by atoms with Gasteiger partial charge in [-0.1, -0.05) is 6.07 Å². The first-order valence-electron chi connectivity index (χ1n) is 4.60. The number of aryl methyl sites for hydroxylation is 1. The van der Waals surface area contributed by atoms with Gasteiger partial charge in [-0.2, -0.15) is 5.26 Å². The van der Waals surface area contributed by atoms with Crippen molar-refractivity contribution in [2.75, 3.05) is 6.54 Å². The van der Waals surface area contributed by atoms with Crippen molar-refractivity contribution in [3.05, 3.63) is 28.2 Å². The highest BCUT2D eigenvalue weighted by molar-refractivity contribution is 9.10. The third kappa shape index (κ3) is 3.30. The number of rotatable bonds is 4. The van der Waals surface area contributed by atoms with E-state index in [-0.39, 0.29) is 17.9 Å². The van der Waals surface area contributed by atoms with Gasteiger partial charge in [-0.3, -0.25) is 0 Å². The van der Waals surface area contributed by atoms with Gasteiger partial charge < -0.3 is 0 Å². The molecule has 86 valence electrons. The smallest absolute Gasteiger partial charge is 0.210 e.